The molecule has 0 saturated heterocycles. The third-order valence-corrected chi connectivity index (χ3v) is 3.43. The molecule has 2 amide bonds. The van der Waals surface area contributed by atoms with Crippen LogP contribution < -0.4 is 10.6 Å². The Balaban J connectivity index is 2.63. The fourth-order valence-corrected chi connectivity index (χ4v) is 2.29. The molecule has 7 heteroatoms. The molecule has 0 saturated carbocycles. The number of aliphatic hydroxyl groups is 1. The Morgan fingerprint density at radius 3 is 2.61 bits per heavy atom. The molecule has 1 aromatic carbocycles. The lowest BCUT2D eigenvalue weighted by atomic mass is 9.85. The van der Waals surface area contributed by atoms with Crippen LogP contribution in [0, 0.1) is 17.8 Å². The van der Waals surface area contributed by atoms with E-state index in [2.05, 4.69) is 17.2 Å². The van der Waals surface area contributed by atoms with E-state index in [1.807, 2.05) is 19.2 Å². The van der Waals surface area contributed by atoms with Gasteiger partial charge in [-0.3, -0.25) is 0 Å². The number of carbonyl (C=O) groups excluding carboxylic acids is 1. The van der Waals surface area contributed by atoms with Crippen LogP contribution in [-0.2, 0) is 12.1 Å². The summed E-state index contributed by atoms with van der Waals surface area (Å²) in [5.41, 5.74) is -2.54. The SMILES string of the molecule is CC(C)CC#CC1(C(F)(F)F)NC(=O)Nc2cc(CO)ccc21. The summed E-state index contributed by atoms with van der Waals surface area (Å²) in [6.45, 7) is 3.35. The van der Waals surface area contributed by atoms with Gasteiger partial charge in [-0.15, -0.1) is 0 Å². The molecule has 1 aliphatic rings. The van der Waals surface area contributed by atoms with E-state index in [0.29, 0.717) is 5.56 Å². The average Bonchev–Trinajstić information content (AvgIpc) is 2.44. The lowest BCUT2D eigenvalue weighted by Gasteiger charge is -2.37. The van der Waals surface area contributed by atoms with Crippen LogP contribution in [0.1, 0.15) is 31.4 Å². The molecule has 23 heavy (non-hydrogen) atoms. The van der Waals surface area contributed by atoms with Gasteiger partial charge in [0.05, 0.1) is 6.61 Å². The maximum absolute atomic E-state index is 13.8. The zero-order valence-corrected chi connectivity index (χ0v) is 12.7. The lowest BCUT2D eigenvalue weighted by Crippen LogP contribution is -2.59. The van der Waals surface area contributed by atoms with Crippen molar-refractivity contribution >= 4 is 11.7 Å². The molecule has 0 aromatic heterocycles. The summed E-state index contributed by atoms with van der Waals surface area (Å²) >= 11 is 0. The first-order valence-electron chi connectivity index (χ1n) is 7.10. The fourth-order valence-electron chi connectivity index (χ4n) is 2.29. The first-order valence-corrected chi connectivity index (χ1v) is 7.10. The minimum Gasteiger partial charge on any atom is -0.392 e. The quantitative estimate of drug-likeness (QED) is 0.731. The van der Waals surface area contributed by atoms with Gasteiger partial charge < -0.3 is 15.7 Å². The van der Waals surface area contributed by atoms with Crippen molar-refractivity contribution < 1.29 is 23.1 Å². The molecule has 0 spiro atoms. The minimum atomic E-state index is -4.79. The zero-order chi connectivity index (χ0) is 17.3. The van der Waals surface area contributed by atoms with Gasteiger partial charge in [-0.2, -0.15) is 13.2 Å². The summed E-state index contributed by atoms with van der Waals surface area (Å²) in [6, 6.07) is 2.94. The second-order valence-electron chi connectivity index (χ2n) is 5.76. The average molecular weight is 326 g/mol. The monoisotopic (exact) mass is 326 g/mol. The summed E-state index contributed by atoms with van der Waals surface area (Å²) in [7, 11) is 0. The van der Waals surface area contributed by atoms with Crippen LogP contribution in [0.3, 0.4) is 0 Å². The maximum Gasteiger partial charge on any atom is 0.427 e. The van der Waals surface area contributed by atoms with Gasteiger partial charge in [-0.05, 0) is 17.5 Å². The number of hydrogen-bond donors (Lipinski definition) is 3. The predicted molar refractivity (Wildman–Crippen MR) is 79.5 cm³/mol. The fraction of sp³-hybridized carbons (Fsp3) is 0.438. The van der Waals surface area contributed by atoms with Crippen molar-refractivity contribution in [2.45, 2.75) is 38.6 Å². The Bertz CT molecular complexity index is 674. The van der Waals surface area contributed by atoms with Gasteiger partial charge in [0.25, 0.3) is 0 Å². The number of hydrogen-bond acceptors (Lipinski definition) is 2. The normalized spacial score (nSPS) is 20.2. The Kier molecular flexibility index (Phi) is 4.57. The molecule has 124 valence electrons. The summed E-state index contributed by atoms with van der Waals surface area (Å²) in [5, 5.41) is 13.4. The molecule has 1 aliphatic heterocycles. The number of amides is 2. The number of nitrogens with one attached hydrogen (secondary N) is 2. The van der Waals surface area contributed by atoms with Crippen LogP contribution in [0.25, 0.3) is 0 Å². The molecule has 0 aliphatic carbocycles. The first-order chi connectivity index (χ1) is 10.7. The van der Waals surface area contributed by atoms with Crippen molar-refractivity contribution in [2.75, 3.05) is 5.32 Å². The highest BCUT2D eigenvalue weighted by atomic mass is 19.4. The number of aliphatic hydroxyl groups excluding tert-OH is 1. The van der Waals surface area contributed by atoms with Crippen molar-refractivity contribution in [3.05, 3.63) is 29.3 Å². The highest BCUT2D eigenvalue weighted by molar-refractivity contribution is 5.94. The Morgan fingerprint density at radius 1 is 1.35 bits per heavy atom. The van der Waals surface area contributed by atoms with E-state index in [1.165, 1.54) is 18.2 Å². The van der Waals surface area contributed by atoms with Gasteiger partial charge in [-0.25, -0.2) is 4.79 Å². The van der Waals surface area contributed by atoms with Gasteiger partial charge in [0.15, 0.2) is 0 Å². The predicted octanol–water partition coefficient (Wildman–Crippen LogP) is 3.12. The van der Waals surface area contributed by atoms with Crippen LogP contribution in [0.4, 0.5) is 23.7 Å². The third kappa shape index (κ3) is 3.27. The molecule has 4 nitrogen and oxygen atoms in total. The topological polar surface area (TPSA) is 61.4 Å². The highest BCUT2D eigenvalue weighted by Gasteiger charge is 2.59. The van der Waals surface area contributed by atoms with E-state index >= 15 is 0 Å². The molecule has 2 rings (SSSR count). The van der Waals surface area contributed by atoms with Crippen molar-refractivity contribution in [2.24, 2.45) is 5.92 Å². The van der Waals surface area contributed by atoms with E-state index in [9.17, 15) is 18.0 Å². The van der Waals surface area contributed by atoms with Crippen molar-refractivity contribution in [1.82, 2.24) is 5.32 Å². The van der Waals surface area contributed by atoms with Crippen LogP contribution >= 0.6 is 0 Å². The Labute approximate surface area is 132 Å². The van der Waals surface area contributed by atoms with E-state index < -0.39 is 17.7 Å². The van der Waals surface area contributed by atoms with Crippen molar-refractivity contribution in [1.29, 1.82) is 0 Å². The van der Waals surface area contributed by atoms with Crippen LogP contribution in [-0.4, -0.2) is 17.3 Å². The Morgan fingerprint density at radius 2 is 2.04 bits per heavy atom. The second kappa shape index (κ2) is 6.13. The number of benzene rings is 1. The van der Waals surface area contributed by atoms with Gasteiger partial charge in [0.2, 0.25) is 5.54 Å². The number of rotatable bonds is 2. The molecule has 0 radical (unpaired) electrons. The Hall–Kier alpha value is -2.20. The number of alkyl halides is 3. The molecule has 1 unspecified atom stereocenters. The van der Waals surface area contributed by atoms with E-state index in [4.69, 9.17) is 5.11 Å². The third-order valence-electron chi connectivity index (χ3n) is 3.43. The van der Waals surface area contributed by atoms with Crippen molar-refractivity contribution in [3.8, 4) is 11.8 Å². The van der Waals surface area contributed by atoms with Gasteiger partial charge in [0.1, 0.15) is 0 Å². The van der Waals surface area contributed by atoms with E-state index in [0.717, 1.165) is 0 Å². The largest absolute Gasteiger partial charge is 0.427 e. The highest BCUT2D eigenvalue weighted by Crippen LogP contribution is 2.44. The molecular weight excluding hydrogens is 309 g/mol. The van der Waals surface area contributed by atoms with E-state index in [1.54, 1.807) is 0 Å². The number of anilines is 1. The first kappa shape index (κ1) is 17.2. The van der Waals surface area contributed by atoms with Crippen LogP contribution in [0.15, 0.2) is 18.2 Å². The molecular formula is C16H17F3N2O2. The standard InChI is InChI=1S/C16H17F3N2O2/c1-10(2)4-3-7-15(16(17,18)19)12-6-5-11(9-22)8-13(12)20-14(23)21-15/h5-6,8,10,22H,4,9H2,1-2H3,(H2,20,21,23). The number of fused-ring (bicyclic) bond motifs is 1. The number of carbonyl (C=O) groups is 1. The van der Waals surface area contributed by atoms with Gasteiger partial charge in [-0.1, -0.05) is 37.8 Å². The van der Waals surface area contributed by atoms with Gasteiger partial charge >= 0.3 is 12.2 Å². The summed E-state index contributed by atoms with van der Waals surface area (Å²) < 4.78 is 41.3. The smallest absolute Gasteiger partial charge is 0.392 e. The maximum atomic E-state index is 13.8. The summed E-state index contributed by atoms with van der Waals surface area (Å²) in [6.07, 6.45) is -4.50. The molecule has 1 heterocycles. The number of halogens is 3. The summed E-state index contributed by atoms with van der Waals surface area (Å²) in [4.78, 5) is 11.7. The van der Waals surface area contributed by atoms with Gasteiger partial charge in [0, 0.05) is 17.7 Å². The van der Waals surface area contributed by atoms with E-state index in [-0.39, 0.29) is 30.2 Å². The molecule has 0 fully saturated rings. The summed E-state index contributed by atoms with van der Waals surface area (Å²) in [5.74, 6) is 4.86. The molecule has 1 aromatic rings. The van der Waals surface area contributed by atoms with Crippen LogP contribution in [0.2, 0.25) is 0 Å². The lowest BCUT2D eigenvalue weighted by molar-refractivity contribution is -0.178. The van der Waals surface area contributed by atoms with Crippen molar-refractivity contribution in [3.63, 3.8) is 0 Å². The molecule has 0 bridgehead atoms. The molecule has 3 N–H and O–H groups in total. The second-order valence-corrected chi connectivity index (χ2v) is 5.76. The van der Waals surface area contributed by atoms with Crippen LogP contribution in [0.5, 0.6) is 0 Å². The minimum absolute atomic E-state index is 0.00327. The number of urea groups is 1. The zero-order valence-electron chi connectivity index (χ0n) is 12.7. The molecule has 1 atom stereocenters.